The number of benzene rings is 3. The Kier molecular flexibility index (Phi) is 6.77. The van der Waals surface area contributed by atoms with Gasteiger partial charge < -0.3 is 0 Å². The zero-order valence-electron chi connectivity index (χ0n) is 22.7. The Labute approximate surface area is 230 Å². The highest BCUT2D eigenvalue weighted by Crippen LogP contribution is 2.49. The van der Waals surface area contributed by atoms with Crippen molar-refractivity contribution in [2.45, 2.75) is 82.2 Å². The van der Waals surface area contributed by atoms with Crippen molar-refractivity contribution in [3.05, 3.63) is 116 Å². The lowest BCUT2D eigenvalue weighted by Crippen LogP contribution is -2.43. The topological polar surface area (TPSA) is 34.9 Å². The molecule has 0 amide bonds. The third-order valence-corrected chi connectivity index (χ3v) is 9.62. The third kappa shape index (κ3) is 4.64. The lowest BCUT2D eigenvalue weighted by Gasteiger charge is -2.42. The van der Waals surface area contributed by atoms with E-state index in [2.05, 4.69) is 87.5 Å². The average Bonchev–Trinajstić information content (AvgIpc) is 2.91. The normalized spacial score (nSPS) is 15.8. The highest BCUT2D eigenvalue weighted by molar-refractivity contribution is 7.98. The van der Waals surface area contributed by atoms with Crippen LogP contribution in [0, 0.1) is 20.8 Å². The van der Waals surface area contributed by atoms with Crippen LogP contribution in [0.1, 0.15) is 71.0 Å². The summed E-state index contributed by atoms with van der Waals surface area (Å²) >= 11 is 1.69. The fraction of sp³-hybridized carbons (Fsp3) is 0.353. The first-order valence-corrected chi connectivity index (χ1v) is 14.9. The maximum Gasteiger partial charge on any atom is 0.258 e. The van der Waals surface area contributed by atoms with Gasteiger partial charge in [0, 0.05) is 16.7 Å². The molecule has 3 nitrogen and oxygen atoms in total. The first kappa shape index (κ1) is 25.2. The second-order valence-corrected chi connectivity index (χ2v) is 12.3. The summed E-state index contributed by atoms with van der Waals surface area (Å²) in [6.45, 7) is 6.95. The van der Waals surface area contributed by atoms with Crippen LogP contribution in [0.15, 0.2) is 76.7 Å². The van der Waals surface area contributed by atoms with Gasteiger partial charge in [-0.2, -0.15) is 0 Å². The minimum atomic E-state index is -0.0994. The fourth-order valence-electron chi connectivity index (χ4n) is 6.50. The maximum atomic E-state index is 14.6. The molecule has 0 bridgehead atoms. The quantitative estimate of drug-likeness (QED) is 0.198. The summed E-state index contributed by atoms with van der Waals surface area (Å²) in [5.74, 6) is 0.790. The number of aryl methyl sites for hydroxylation is 3. The van der Waals surface area contributed by atoms with Crippen molar-refractivity contribution >= 4 is 11.8 Å². The van der Waals surface area contributed by atoms with Crippen molar-refractivity contribution in [3.8, 4) is 11.3 Å². The van der Waals surface area contributed by atoms with Gasteiger partial charge in [-0.3, -0.25) is 9.36 Å². The van der Waals surface area contributed by atoms with E-state index in [-0.39, 0.29) is 11.0 Å². The monoisotopic (exact) mass is 520 g/mol. The second kappa shape index (κ2) is 10.2. The molecule has 1 heterocycles. The second-order valence-electron chi connectivity index (χ2n) is 11.4. The number of hydrogen-bond donors (Lipinski definition) is 0. The lowest BCUT2D eigenvalue weighted by atomic mass is 9.62. The predicted octanol–water partition coefficient (Wildman–Crippen LogP) is 7.93. The first-order valence-electron chi connectivity index (χ1n) is 13.9. The Morgan fingerprint density at radius 2 is 1.63 bits per heavy atom. The molecule has 1 aromatic heterocycles. The molecule has 4 aromatic rings. The summed E-state index contributed by atoms with van der Waals surface area (Å²) in [7, 11) is 0. The van der Waals surface area contributed by atoms with E-state index in [1.165, 1.54) is 47.1 Å². The van der Waals surface area contributed by atoms with Crippen LogP contribution >= 0.6 is 11.8 Å². The molecule has 1 saturated carbocycles. The molecule has 0 radical (unpaired) electrons. The molecular formula is C34H36N2OS. The molecular weight excluding hydrogens is 484 g/mol. The summed E-state index contributed by atoms with van der Waals surface area (Å²) < 4.78 is 1.97. The van der Waals surface area contributed by atoms with E-state index in [0.717, 1.165) is 52.6 Å². The van der Waals surface area contributed by atoms with Crippen LogP contribution < -0.4 is 5.56 Å². The van der Waals surface area contributed by atoms with Crippen molar-refractivity contribution < 1.29 is 0 Å². The molecule has 38 heavy (non-hydrogen) atoms. The van der Waals surface area contributed by atoms with Crippen molar-refractivity contribution in [1.29, 1.82) is 0 Å². The molecule has 2 aliphatic carbocycles. The van der Waals surface area contributed by atoms with E-state index in [1.807, 2.05) is 4.57 Å². The molecule has 1 spiro atoms. The smallest absolute Gasteiger partial charge is 0.258 e. The van der Waals surface area contributed by atoms with Crippen molar-refractivity contribution in [1.82, 2.24) is 9.55 Å². The molecule has 6 rings (SSSR count). The molecule has 2 aliphatic rings. The van der Waals surface area contributed by atoms with Crippen molar-refractivity contribution in [3.63, 3.8) is 0 Å². The van der Waals surface area contributed by atoms with Gasteiger partial charge in [0.25, 0.3) is 5.56 Å². The molecule has 0 N–H and O–H groups in total. The summed E-state index contributed by atoms with van der Waals surface area (Å²) in [5, 5.41) is 0.817. The highest BCUT2D eigenvalue weighted by atomic mass is 32.2. The van der Waals surface area contributed by atoms with Crippen molar-refractivity contribution in [2.24, 2.45) is 0 Å². The molecule has 1 fully saturated rings. The van der Waals surface area contributed by atoms with Crippen LogP contribution in [0.2, 0.25) is 0 Å². The molecule has 3 aromatic carbocycles. The van der Waals surface area contributed by atoms with Gasteiger partial charge in [-0.25, -0.2) is 4.98 Å². The van der Waals surface area contributed by atoms with Gasteiger partial charge in [0.05, 0.1) is 17.8 Å². The molecule has 0 saturated heterocycles. The number of nitrogens with zero attached hydrogens (tertiary/aromatic N) is 2. The molecule has 194 valence electrons. The number of aromatic nitrogens is 2. The Hall–Kier alpha value is -3.11. The number of fused-ring (bicyclic) bond motifs is 4. The summed E-state index contributed by atoms with van der Waals surface area (Å²) in [4.78, 5) is 20.0. The van der Waals surface area contributed by atoms with Crippen LogP contribution in [-0.2, 0) is 24.1 Å². The van der Waals surface area contributed by atoms with E-state index >= 15 is 0 Å². The molecule has 4 heteroatoms. The zero-order valence-corrected chi connectivity index (χ0v) is 23.5. The summed E-state index contributed by atoms with van der Waals surface area (Å²) in [5.41, 5.74) is 10.7. The van der Waals surface area contributed by atoms with E-state index in [9.17, 15) is 4.79 Å². The summed E-state index contributed by atoms with van der Waals surface area (Å²) in [6, 6.07) is 23.8. The molecule has 0 unspecified atom stereocenters. The van der Waals surface area contributed by atoms with Gasteiger partial charge in [-0.1, -0.05) is 109 Å². The van der Waals surface area contributed by atoms with E-state index < -0.39 is 0 Å². The van der Waals surface area contributed by atoms with Crippen LogP contribution in [0.3, 0.4) is 0 Å². The van der Waals surface area contributed by atoms with Crippen LogP contribution in [0.5, 0.6) is 0 Å². The van der Waals surface area contributed by atoms with Gasteiger partial charge in [0.15, 0.2) is 5.16 Å². The average molecular weight is 521 g/mol. The van der Waals surface area contributed by atoms with Gasteiger partial charge in [0.1, 0.15) is 0 Å². The molecule has 0 aliphatic heterocycles. The Morgan fingerprint density at radius 1 is 0.895 bits per heavy atom. The van der Waals surface area contributed by atoms with Gasteiger partial charge in [-0.05, 0) is 62.3 Å². The standard InChI is InChI=1S/C34H36N2OS/c1-23-11-14-26(15-12-23)21-36-32(37)30-31(35-33(36)38-22-28-16-13-24(2)19-25(28)3)29-10-6-5-9-27(29)20-34(30)17-7-4-8-18-34/h5-6,9-16,19H,4,7-8,17-18,20-22H2,1-3H3. The van der Waals surface area contributed by atoms with Crippen LogP contribution in [-0.4, -0.2) is 9.55 Å². The Balaban J connectivity index is 1.52. The maximum absolute atomic E-state index is 14.6. The lowest BCUT2D eigenvalue weighted by molar-refractivity contribution is 0.282. The number of thioether (sulfide) groups is 1. The van der Waals surface area contributed by atoms with Crippen LogP contribution in [0.4, 0.5) is 0 Å². The van der Waals surface area contributed by atoms with E-state index in [0.29, 0.717) is 6.54 Å². The van der Waals surface area contributed by atoms with Gasteiger partial charge in [-0.15, -0.1) is 0 Å². The SMILES string of the molecule is Cc1ccc(Cn2c(SCc3ccc(C)cc3C)nc3c(c2=O)C2(CCCCC2)Cc2ccccc2-3)cc1. The Bertz CT molecular complexity index is 1540. The minimum Gasteiger partial charge on any atom is -0.283 e. The third-order valence-electron chi connectivity index (χ3n) is 8.59. The number of rotatable bonds is 5. The minimum absolute atomic E-state index is 0.0994. The van der Waals surface area contributed by atoms with Gasteiger partial charge >= 0.3 is 0 Å². The van der Waals surface area contributed by atoms with Crippen molar-refractivity contribution in [2.75, 3.05) is 0 Å². The predicted molar refractivity (Wildman–Crippen MR) is 158 cm³/mol. The van der Waals surface area contributed by atoms with E-state index in [1.54, 1.807) is 11.8 Å². The van der Waals surface area contributed by atoms with Gasteiger partial charge in [0.2, 0.25) is 0 Å². The van der Waals surface area contributed by atoms with E-state index in [4.69, 9.17) is 4.98 Å². The largest absolute Gasteiger partial charge is 0.283 e. The van der Waals surface area contributed by atoms with Crippen LogP contribution in [0.25, 0.3) is 11.3 Å². The zero-order chi connectivity index (χ0) is 26.3. The number of hydrogen-bond acceptors (Lipinski definition) is 3. The molecule has 0 atom stereocenters. The fourth-order valence-corrected chi connectivity index (χ4v) is 7.57. The highest BCUT2D eigenvalue weighted by Gasteiger charge is 2.43. The first-order chi connectivity index (χ1) is 18.4. The Morgan fingerprint density at radius 3 is 2.39 bits per heavy atom. The summed E-state index contributed by atoms with van der Waals surface area (Å²) in [6.07, 6.45) is 6.72.